The molecular weight excluding hydrogens is 298 g/mol. The number of sulfonamides is 1. The average molecular weight is 317 g/mol. The van der Waals surface area contributed by atoms with Crippen molar-refractivity contribution in [3.8, 4) is 0 Å². The molecule has 1 unspecified atom stereocenters. The van der Waals surface area contributed by atoms with Gasteiger partial charge in [-0.05, 0) is 36.8 Å². The van der Waals surface area contributed by atoms with E-state index in [1.54, 1.807) is 18.3 Å². The van der Waals surface area contributed by atoms with Crippen molar-refractivity contribution in [3.05, 3.63) is 36.2 Å². The zero-order valence-electron chi connectivity index (χ0n) is 12.3. The van der Waals surface area contributed by atoms with Crippen molar-refractivity contribution in [2.45, 2.75) is 36.1 Å². The summed E-state index contributed by atoms with van der Waals surface area (Å²) in [6.45, 7) is 0.909. The van der Waals surface area contributed by atoms with Crippen LogP contribution in [0.2, 0.25) is 0 Å². The highest BCUT2D eigenvalue weighted by molar-refractivity contribution is 7.89. The lowest BCUT2D eigenvalue weighted by Gasteiger charge is -2.18. The van der Waals surface area contributed by atoms with E-state index in [-0.39, 0.29) is 6.04 Å². The van der Waals surface area contributed by atoms with Gasteiger partial charge in [-0.3, -0.25) is 4.98 Å². The van der Waals surface area contributed by atoms with Gasteiger partial charge in [0.15, 0.2) is 0 Å². The van der Waals surface area contributed by atoms with Crippen LogP contribution in [0.15, 0.2) is 35.5 Å². The quantitative estimate of drug-likeness (QED) is 0.937. The molecule has 0 bridgehead atoms. The Morgan fingerprint density at radius 3 is 2.68 bits per heavy atom. The molecule has 2 fully saturated rings. The van der Waals surface area contributed by atoms with Crippen LogP contribution in [0.1, 0.15) is 30.7 Å². The first-order valence-electron chi connectivity index (χ1n) is 7.70. The van der Waals surface area contributed by atoms with Gasteiger partial charge in [-0.1, -0.05) is 12.1 Å². The predicted octanol–water partition coefficient (Wildman–Crippen LogP) is 1.83. The van der Waals surface area contributed by atoms with Gasteiger partial charge in [-0.15, -0.1) is 0 Å². The second kappa shape index (κ2) is 5.01. The molecule has 1 aliphatic carbocycles. The maximum absolute atomic E-state index is 13.0. The lowest BCUT2D eigenvalue weighted by atomic mass is 10.0. The highest BCUT2D eigenvalue weighted by Crippen LogP contribution is 2.44. The molecule has 4 rings (SSSR count). The fraction of sp³-hybridized carbons (Fsp3) is 0.438. The highest BCUT2D eigenvalue weighted by atomic mass is 32.2. The fourth-order valence-electron chi connectivity index (χ4n) is 3.26. The van der Waals surface area contributed by atoms with Crippen LogP contribution >= 0.6 is 0 Å². The molecule has 6 heteroatoms. The van der Waals surface area contributed by atoms with Crippen molar-refractivity contribution >= 4 is 20.8 Å². The van der Waals surface area contributed by atoms with Gasteiger partial charge in [-0.25, -0.2) is 8.42 Å². The smallest absolute Gasteiger partial charge is 0.243 e. The molecule has 1 atom stereocenters. The molecule has 22 heavy (non-hydrogen) atoms. The first kappa shape index (κ1) is 14.1. The van der Waals surface area contributed by atoms with Crippen molar-refractivity contribution in [2.24, 2.45) is 5.73 Å². The zero-order valence-corrected chi connectivity index (χ0v) is 13.1. The molecule has 0 radical (unpaired) electrons. The Balaban J connectivity index is 1.91. The van der Waals surface area contributed by atoms with E-state index in [1.807, 2.05) is 12.3 Å². The summed E-state index contributed by atoms with van der Waals surface area (Å²) in [7, 11) is -3.50. The Kier molecular flexibility index (Phi) is 3.21. The third-order valence-electron chi connectivity index (χ3n) is 4.60. The van der Waals surface area contributed by atoms with E-state index in [1.165, 1.54) is 4.31 Å². The van der Waals surface area contributed by atoms with Gasteiger partial charge in [0.2, 0.25) is 10.0 Å². The molecule has 2 aliphatic rings. The standard InChI is InChI=1S/C16H19N3O2S/c17-13-6-7-19(10-13)22(20,21)15-3-1-2-12-8-18-9-14(16(12)15)11-4-5-11/h1-3,8-9,11,13H,4-7,10,17H2. The molecule has 2 aromatic rings. The molecule has 5 nitrogen and oxygen atoms in total. The van der Waals surface area contributed by atoms with E-state index >= 15 is 0 Å². The Bertz CT molecular complexity index is 825. The summed E-state index contributed by atoms with van der Waals surface area (Å²) in [6, 6.07) is 5.38. The number of aromatic nitrogens is 1. The number of rotatable bonds is 3. The molecule has 2 heterocycles. The van der Waals surface area contributed by atoms with Crippen molar-refractivity contribution in [1.82, 2.24) is 9.29 Å². The van der Waals surface area contributed by atoms with Crippen molar-refractivity contribution in [1.29, 1.82) is 0 Å². The Hall–Kier alpha value is -1.50. The van der Waals surface area contributed by atoms with Gasteiger partial charge in [0.1, 0.15) is 0 Å². The van der Waals surface area contributed by atoms with Crippen molar-refractivity contribution in [2.75, 3.05) is 13.1 Å². The monoisotopic (exact) mass is 317 g/mol. The van der Waals surface area contributed by atoms with E-state index in [4.69, 9.17) is 5.73 Å². The van der Waals surface area contributed by atoms with Gasteiger partial charge in [-0.2, -0.15) is 4.31 Å². The summed E-state index contributed by atoms with van der Waals surface area (Å²) < 4.78 is 27.6. The molecule has 1 saturated carbocycles. The van der Waals surface area contributed by atoms with Gasteiger partial charge < -0.3 is 5.73 Å². The number of fused-ring (bicyclic) bond motifs is 1. The molecule has 1 aromatic carbocycles. The van der Waals surface area contributed by atoms with E-state index < -0.39 is 10.0 Å². The van der Waals surface area contributed by atoms with Crippen molar-refractivity contribution in [3.63, 3.8) is 0 Å². The summed E-state index contributed by atoms with van der Waals surface area (Å²) in [5.41, 5.74) is 6.95. The molecule has 1 aromatic heterocycles. The SMILES string of the molecule is NC1CCN(S(=O)(=O)c2cccc3cncc(C4CC4)c23)C1. The van der Waals surface area contributed by atoms with Crippen LogP contribution in [0.5, 0.6) is 0 Å². The van der Waals surface area contributed by atoms with E-state index in [2.05, 4.69) is 4.98 Å². The van der Waals surface area contributed by atoms with Gasteiger partial charge in [0.25, 0.3) is 0 Å². The zero-order chi connectivity index (χ0) is 15.3. The summed E-state index contributed by atoms with van der Waals surface area (Å²) >= 11 is 0. The Morgan fingerprint density at radius 1 is 1.18 bits per heavy atom. The Morgan fingerprint density at radius 2 is 2.00 bits per heavy atom. The normalized spacial score (nSPS) is 23.2. The molecular formula is C16H19N3O2S. The van der Waals surface area contributed by atoms with Crippen LogP contribution in [-0.2, 0) is 10.0 Å². The van der Waals surface area contributed by atoms with Crippen LogP contribution in [0.4, 0.5) is 0 Å². The lowest BCUT2D eigenvalue weighted by Crippen LogP contribution is -2.32. The number of hydrogen-bond donors (Lipinski definition) is 1. The topological polar surface area (TPSA) is 76.3 Å². The van der Waals surface area contributed by atoms with Gasteiger partial charge >= 0.3 is 0 Å². The predicted molar refractivity (Wildman–Crippen MR) is 85.1 cm³/mol. The molecule has 116 valence electrons. The minimum Gasteiger partial charge on any atom is -0.326 e. The minimum atomic E-state index is -3.50. The maximum Gasteiger partial charge on any atom is 0.243 e. The second-order valence-electron chi connectivity index (χ2n) is 6.27. The van der Waals surface area contributed by atoms with Crippen molar-refractivity contribution < 1.29 is 8.42 Å². The van der Waals surface area contributed by atoms with Crippen LogP contribution in [0, 0.1) is 0 Å². The number of pyridine rings is 1. The largest absolute Gasteiger partial charge is 0.326 e. The Labute approximate surface area is 130 Å². The second-order valence-corrected chi connectivity index (χ2v) is 8.18. The summed E-state index contributed by atoms with van der Waals surface area (Å²) in [6.07, 6.45) is 6.53. The first-order chi connectivity index (χ1) is 10.6. The van der Waals surface area contributed by atoms with E-state index in [0.717, 1.165) is 35.6 Å². The molecule has 0 amide bonds. The van der Waals surface area contributed by atoms with Crippen LogP contribution in [0.25, 0.3) is 10.8 Å². The number of benzene rings is 1. The van der Waals surface area contributed by atoms with Crippen LogP contribution in [0.3, 0.4) is 0 Å². The van der Waals surface area contributed by atoms with Gasteiger partial charge in [0, 0.05) is 42.3 Å². The van der Waals surface area contributed by atoms with E-state index in [0.29, 0.717) is 23.9 Å². The average Bonchev–Trinajstić information content (AvgIpc) is 3.26. The number of nitrogens with two attached hydrogens (primary N) is 1. The summed E-state index contributed by atoms with van der Waals surface area (Å²) in [5, 5.41) is 1.74. The lowest BCUT2D eigenvalue weighted by molar-refractivity contribution is 0.473. The molecule has 2 N–H and O–H groups in total. The maximum atomic E-state index is 13.0. The molecule has 1 aliphatic heterocycles. The fourth-order valence-corrected chi connectivity index (χ4v) is 5.01. The molecule has 0 spiro atoms. The summed E-state index contributed by atoms with van der Waals surface area (Å²) in [5.74, 6) is 0.452. The summed E-state index contributed by atoms with van der Waals surface area (Å²) in [4.78, 5) is 4.68. The highest BCUT2D eigenvalue weighted by Gasteiger charge is 2.34. The number of nitrogens with zero attached hydrogens (tertiary/aromatic N) is 2. The first-order valence-corrected chi connectivity index (χ1v) is 9.14. The minimum absolute atomic E-state index is 0.0608. The third-order valence-corrected chi connectivity index (χ3v) is 6.50. The number of hydrogen-bond acceptors (Lipinski definition) is 4. The third kappa shape index (κ3) is 2.22. The van der Waals surface area contributed by atoms with Crippen LogP contribution in [-0.4, -0.2) is 36.8 Å². The van der Waals surface area contributed by atoms with E-state index in [9.17, 15) is 8.42 Å². The molecule has 1 saturated heterocycles. The van der Waals surface area contributed by atoms with Gasteiger partial charge in [0.05, 0.1) is 4.90 Å². The van der Waals surface area contributed by atoms with Crippen LogP contribution < -0.4 is 5.73 Å².